The van der Waals surface area contributed by atoms with Crippen LogP contribution in [0.4, 0.5) is 0 Å². The molecule has 5 nitrogen and oxygen atoms in total. The summed E-state index contributed by atoms with van der Waals surface area (Å²) in [6.07, 6.45) is 1.62. The highest BCUT2D eigenvalue weighted by Crippen LogP contribution is 2.19. The fourth-order valence-corrected chi connectivity index (χ4v) is 2.12. The van der Waals surface area contributed by atoms with Crippen LogP contribution in [0, 0.1) is 6.92 Å². The number of halogens is 1. The van der Waals surface area contributed by atoms with Crippen LogP contribution in [0.25, 0.3) is 0 Å². The maximum Gasteiger partial charge on any atom is 0.186 e. The Hall–Kier alpha value is -1.92. The minimum absolute atomic E-state index is 0.441. The molecule has 0 amide bonds. The predicted molar refractivity (Wildman–Crippen MR) is 89.9 cm³/mol. The molecule has 0 saturated heterocycles. The topological polar surface area (TPSA) is 54.2 Å². The summed E-state index contributed by atoms with van der Waals surface area (Å²) < 4.78 is 1.75. The molecular weight excluding hydrogens is 306 g/mol. The first-order chi connectivity index (χ1) is 10.1. The summed E-state index contributed by atoms with van der Waals surface area (Å²) in [6.45, 7) is 2.52. The van der Waals surface area contributed by atoms with Crippen LogP contribution in [-0.2, 0) is 6.54 Å². The van der Waals surface area contributed by atoms with Crippen LogP contribution < -0.4 is 10.7 Å². The lowest BCUT2D eigenvalue weighted by molar-refractivity contribution is 0.680. The monoisotopic (exact) mass is 321 g/mol. The molecular formula is C14H16ClN5S. The maximum atomic E-state index is 6.36. The smallest absolute Gasteiger partial charge is 0.186 e. The van der Waals surface area contributed by atoms with Crippen molar-refractivity contribution in [2.45, 2.75) is 13.5 Å². The van der Waals surface area contributed by atoms with E-state index in [9.17, 15) is 0 Å². The Bertz CT molecular complexity index is 651. The van der Waals surface area contributed by atoms with Gasteiger partial charge < -0.3 is 5.32 Å². The molecule has 1 heterocycles. The van der Waals surface area contributed by atoms with E-state index in [-0.39, 0.29) is 0 Å². The zero-order valence-electron chi connectivity index (χ0n) is 11.8. The third kappa shape index (κ3) is 4.03. The van der Waals surface area contributed by atoms with Crippen molar-refractivity contribution in [1.29, 1.82) is 0 Å². The Balaban J connectivity index is 2.16. The predicted octanol–water partition coefficient (Wildman–Crippen LogP) is 2.32. The summed E-state index contributed by atoms with van der Waals surface area (Å²) in [7, 11) is 1.72. The maximum absolute atomic E-state index is 6.36. The average molecular weight is 322 g/mol. The number of hydrogen-bond donors (Lipinski definition) is 2. The summed E-state index contributed by atoms with van der Waals surface area (Å²) in [4.78, 5) is 0. The number of hydrazone groups is 1. The molecule has 1 aromatic heterocycles. The SMILES string of the molecule is CNC(=S)N/N=C/c1c(C)nn(Cc2ccccc2)c1Cl. The van der Waals surface area contributed by atoms with Gasteiger partial charge in [0.2, 0.25) is 0 Å². The molecule has 0 spiro atoms. The van der Waals surface area contributed by atoms with Gasteiger partial charge in [-0.3, -0.25) is 5.43 Å². The van der Waals surface area contributed by atoms with Gasteiger partial charge in [0.15, 0.2) is 5.11 Å². The van der Waals surface area contributed by atoms with E-state index in [1.807, 2.05) is 37.3 Å². The zero-order chi connectivity index (χ0) is 15.2. The molecule has 0 aliphatic rings. The normalized spacial score (nSPS) is 10.8. The molecule has 0 aliphatic heterocycles. The quantitative estimate of drug-likeness (QED) is 0.515. The molecule has 2 rings (SSSR count). The molecule has 1 aromatic carbocycles. The van der Waals surface area contributed by atoms with Gasteiger partial charge in [-0.15, -0.1) is 0 Å². The van der Waals surface area contributed by atoms with Gasteiger partial charge in [0, 0.05) is 7.05 Å². The Kier molecular flexibility index (Phi) is 5.30. The highest BCUT2D eigenvalue weighted by Gasteiger charge is 2.11. The van der Waals surface area contributed by atoms with Gasteiger partial charge in [-0.25, -0.2) is 4.68 Å². The Morgan fingerprint density at radius 1 is 1.43 bits per heavy atom. The van der Waals surface area contributed by atoms with Gasteiger partial charge in [0.05, 0.1) is 24.0 Å². The minimum atomic E-state index is 0.441. The lowest BCUT2D eigenvalue weighted by Gasteiger charge is -2.03. The lowest BCUT2D eigenvalue weighted by Crippen LogP contribution is -2.28. The van der Waals surface area contributed by atoms with Crippen LogP contribution in [0.2, 0.25) is 5.15 Å². The minimum Gasteiger partial charge on any atom is -0.364 e. The van der Waals surface area contributed by atoms with Crippen molar-refractivity contribution in [2.24, 2.45) is 5.10 Å². The van der Waals surface area contributed by atoms with E-state index in [2.05, 4.69) is 20.9 Å². The molecule has 110 valence electrons. The largest absolute Gasteiger partial charge is 0.364 e. The summed E-state index contributed by atoms with van der Waals surface area (Å²) in [5.41, 5.74) is 5.42. The standard InChI is InChI=1S/C14H16ClN5S/c1-10-12(8-17-18-14(21)16-2)13(15)20(19-10)9-11-6-4-3-5-7-11/h3-8H,9H2,1-2H3,(H2,16,18,21)/b17-8+. The Morgan fingerprint density at radius 3 is 2.81 bits per heavy atom. The first kappa shape index (κ1) is 15.5. The Morgan fingerprint density at radius 2 is 2.14 bits per heavy atom. The van der Waals surface area contributed by atoms with E-state index in [0.29, 0.717) is 16.8 Å². The van der Waals surface area contributed by atoms with Gasteiger partial charge in [-0.1, -0.05) is 41.9 Å². The second kappa shape index (κ2) is 7.19. The third-order valence-electron chi connectivity index (χ3n) is 2.87. The molecule has 7 heteroatoms. The number of aryl methyl sites for hydroxylation is 1. The Labute approximate surface area is 134 Å². The van der Waals surface area contributed by atoms with Crippen molar-refractivity contribution in [2.75, 3.05) is 7.05 Å². The summed E-state index contributed by atoms with van der Waals surface area (Å²) >= 11 is 11.3. The zero-order valence-corrected chi connectivity index (χ0v) is 13.4. The molecule has 0 fully saturated rings. The number of rotatable bonds is 4. The average Bonchev–Trinajstić information content (AvgIpc) is 2.75. The number of benzene rings is 1. The highest BCUT2D eigenvalue weighted by molar-refractivity contribution is 7.80. The van der Waals surface area contributed by atoms with Crippen molar-refractivity contribution in [3.8, 4) is 0 Å². The molecule has 0 aliphatic carbocycles. The van der Waals surface area contributed by atoms with Crippen LogP contribution in [0.15, 0.2) is 35.4 Å². The van der Waals surface area contributed by atoms with Gasteiger partial charge >= 0.3 is 0 Å². The van der Waals surface area contributed by atoms with Crippen molar-refractivity contribution >= 4 is 35.1 Å². The first-order valence-electron chi connectivity index (χ1n) is 6.39. The molecule has 0 unspecified atom stereocenters. The number of nitrogens with zero attached hydrogens (tertiary/aromatic N) is 3. The van der Waals surface area contributed by atoms with E-state index in [4.69, 9.17) is 23.8 Å². The molecule has 0 atom stereocenters. The third-order valence-corrected chi connectivity index (χ3v) is 3.57. The van der Waals surface area contributed by atoms with Crippen LogP contribution in [0.3, 0.4) is 0 Å². The molecule has 21 heavy (non-hydrogen) atoms. The molecule has 0 saturated carbocycles. The van der Waals surface area contributed by atoms with Crippen molar-refractivity contribution in [3.05, 3.63) is 52.3 Å². The molecule has 2 aromatic rings. The number of aromatic nitrogens is 2. The second-order valence-electron chi connectivity index (χ2n) is 4.38. The van der Waals surface area contributed by atoms with E-state index in [1.165, 1.54) is 0 Å². The number of thiocarbonyl (C=S) groups is 1. The van der Waals surface area contributed by atoms with Crippen molar-refractivity contribution in [3.63, 3.8) is 0 Å². The summed E-state index contributed by atoms with van der Waals surface area (Å²) in [5.74, 6) is 0. The van der Waals surface area contributed by atoms with Crippen molar-refractivity contribution in [1.82, 2.24) is 20.5 Å². The molecule has 0 radical (unpaired) electrons. The molecule has 0 bridgehead atoms. The fraction of sp³-hybridized carbons (Fsp3) is 0.214. The fourth-order valence-electron chi connectivity index (χ4n) is 1.79. The van der Waals surface area contributed by atoms with Gasteiger partial charge in [0.1, 0.15) is 5.15 Å². The van der Waals surface area contributed by atoms with Crippen molar-refractivity contribution < 1.29 is 0 Å². The van der Waals surface area contributed by atoms with Crippen LogP contribution in [0.5, 0.6) is 0 Å². The van der Waals surface area contributed by atoms with E-state index < -0.39 is 0 Å². The number of hydrogen-bond acceptors (Lipinski definition) is 3. The van der Waals surface area contributed by atoms with Crippen LogP contribution in [0.1, 0.15) is 16.8 Å². The number of nitrogens with one attached hydrogen (secondary N) is 2. The van der Waals surface area contributed by atoms with E-state index >= 15 is 0 Å². The summed E-state index contributed by atoms with van der Waals surface area (Å²) in [5, 5.41) is 12.2. The van der Waals surface area contributed by atoms with Gasteiger partial charge in [-0.05, 0) is 24.7 Å². The van der Waals surface area contributed by atoms with Gasteiger partial charge in [0.25, 0.3) is 0 Å². The lowest BCUT2D eigenvalue weighted by atomic mass is 10.2. The van der Waals surface area contributed by atoms with Crippen LogP contribution >= 0.6 is 23.8 Å². The first-order valence-corrected chi connectivity index (χ1v) is 7.18. The second-order valence-corrected chi connectivity index (χ2v) is 5.15. The molecule has 2 N–H and O–H groups in total. The van der Waals surface area contributed by atoms with Gasteiger partial charge in [-0.2, -0.15) is 10.2 Å². The van der Waals surface area contributed by atoms with Crippen LogP contribution in [-0.4, -0.2) is 28.2 Å². The van der Waals surface area contributed by atoms with E-state index in [1.54, 1.807) is 17.9 Å². The summed E-state index contributed by atoms with van der Waals surface area (Å²) in [6, 6.07) is 10.0. The van der Waals surface area contributed by atoms with E-state index in [0.717, 1.165) is 16.8 Å². The highest BCUT2D eigenvalue weighted by atomic mass is 35.5.